The van der Waals surface area contributed by atoms with Crippen LogP contribution in [0.1, 0.15) is 17.0 Å². The Balaban J connectivity index is 1.74. The zero-order valence-electron chi connectivity index (χ0n) is 10.8. The van der Waals surface area contributed by atoms with Gasteiger partial charge >= 0.3 is 0 Å². The number of alkyl halides is 1. The molecule has 0 radical (unpaired) electrons. The third kappa shape index (κ3) is 2.49. The largest absolute Gasteiger partial charge is 0.492 e. The average Bonchev–Trinajstić information content (AvgIpc) is 2.92. The smallest absolute Gasteiger partial charge is 0.235 e. The van der Waals surface area contributed by atoms with Crippen molar-refractivity contribution in [2.75, 3.05) is 11.9 Å². The van der Waals surface area contributed by atoms with Gasteiger partial charge in [0.1, 0.15) is 18.3 Å². The lowest BCUT2D eigenvalue weighted by Gasteiger charge is -2.10. The molecule has 0 aromatic heterocycles. The highest BCUT2D eigenvalue weighted by Gasteiger charge is 2.29. The first-order chi connectivity index (χ1) is 9.78. The standard InChI is InChI=1S/C16H14ClNO2/c17-9-11-5-7-12(8-6-11)18-16(19)14-10-20-15-4-2-1-3-13(14)15/h1-8,14H,9-10H2,(H,18,19). The second-order valence-electron chi connectivity index (χ2n) is 4.72. The van der Waals surface area contributed by atoms with E-state index in [0.29, 0.717) is 12.5 Å². The predicted molar refractivity (Wildman–Crippen MR) is 79.3 cm³/mol. The number of para-hydroxylation sites is 1. The number of benzene rings is 2. The van der Waals surface area contributed by atoms with Gasteiger partial charge in [-0.2, -0.15) is 0 Å². The summed E-state index contributed by atoms with van der Waals surface area (Å²) in [5.41, 5.74) is 2.75. The third-order valence-electron chi connectivity index (χ3n) is 3.39. The van der Waals surface area contributed by atoms with E-state index in [4.69, 9.17) is 16.3 Å². The molecule has 0 saturated carbocycles. The van der Waals surface area contributed by atoms with Crippen molar-refractivity contribution in [1.82, 2.24) is 0 Å². The molecule has 20 heavy (non-hydrogen) atoms. The molecule has 1 atom stereocenters. The maximum atomic E-state index is 12.3. The molecule has 2 aromatic rings. The van der Waals surface area contributed by atoms with Crippen molar-refractivity contribution in [3.63, 3.8) is 0 Å². The molecule has 4 heteroatoms. The highest BCUT2D eigenvalue weighted by molar-refractivity contribution is 6.17. The highest BCUT2D eigenvalue weighted by Crippen LogP contribution is 2.34. The molecule has 3 nitrogen and oxygen atoms in total. The molecule has 1 heterocycles. The molecule has 1 aliphatic rings. The number of halogens is 1. The van der Waals surface area contributed by atoms with Crippen molar-refractivity contribution < 1.29 is 9.53 Å². The van der Waals surface area contributed by atoms with Crippen LogP contribution in [0.3, 0.4) is 0 Å². The van der Waals surface area contributed by atoms with Crippen LogP contribution in [0.15, 0.2) is 48.5 Å². The van der Waals surface area contributed by atoms with Gasteiger partial charge in [-0.05, 0) is 23.8 Å². The molecule has 2 aromatic carbocycles. The third-order valence-corrected chi connectivity index (χ3v) is 3.70. The van der Waals surface area contributed by atoms with Gasteiger partial charge in [-0.25, -0.2) is 0 Å². The molecule has 3 rings (SSSR count). The summed E-state index contributed by atoms with van der Waals surface area (Å²) in [5, 5.41) is 2.91. The number of hydrogen-bond donors (Lipinski definition) is 1. The Morgan fingerprint density at radius 2 is 1.95 bits per heavy atom. The first-order valence-corrected chi connectivity index (χ1v) is 6.99. The number of carbonyl (C=O) groups is 1. The molecule has 1 unspecified atom stereocenters. The van der Waals surface area contributed by atoms with E-state index in [0.717, 1.165) is 22.6 Å². The molecule has 102 valence electrons. The van der Waals surface area contributed by atoms with E-state index in [-0.39, 0.29) is 11.8 Å². The Morgan fingerprint density at radius 1 is 1.20 bits per heavy atom. The minimum absolute atomic E-state index is 0.0476. The van der Waals surface area contributed by atoms with E-state index in [2.05, 4.69) is 5.32 Å². The Hall–Kier alpha value is -2.00. The summed E-state index contributed by atoms with van der Waals surface area (Å²) >= 11 is 5.74. The molecule has 1 aliphatic heterocycles. The maximum absolute atomic E-state index is 12.3. The SMILES string of the molecule is O=C(Nc1ccc(CCl)cc1)C1COc2ccccc21. The van der Waals surface area contributed by atoms with Crippen molar-refractivity contribution in [3.05, 3.63) is 59.7 Å². The first-order valence-electron chi connectivity index (χ1n) is 6.45. The summed E-state index contributed by atoms with van der Waals surface area (Å²) < 4.78 is 5.53. The lowest BCUT2D eigenvalue weighted by molar-refractivity contribution is -0.117. The number of nitrogens with one attached hydrogen (secondary N) is 1. The van der Waals surface area contributed by atoms with Crippen molar-refractivity contribution in [2.24, 2.45) is 0 Å². The van der Waals surface area contributed by atoms with Gasteiger partial charge in [0.2, 0.25) is 5.91 Å². The Bertz CT molecular complexity index is 625. The number of fused-ring (bicyclic) bond motifs is 1. The normalized spacial score (nSPS) is 16.4. The molecule has 0 saturated heterocycles. The quantitative estimate of drug-likeness (QED) is 0.877. The lowest BCUT2D eigenvalue weighted by atomic mass is 10.0. The molecule has 1 N–H and O–H groups in total. The number of amides is 1. The molecule has 1 amide bonds. The average molecular weight is 288 g/mol. The maximum Gasteiger partial charge on any atom is 0.235 e. The van der Waals surface area contributed by atoms with Crippen LogP contribution in [0, 0.1) is 0 Å². The van der Waals surface area contributed by atoms with Crippen LogP contribution in [-0.2, 0) is 10.7 Å². The zero-order chi connectivity index (χ0) is 13.9. The fourth-order valence-corrected chi connectivity index (χ4v) is 2.46. The van der Waals surface area contributed by atoms with Crippen LogP contribution in [0.5, 0.6) is 5.75 Å². The van der Waals surface area contributed by atoms with E-state index in [1.165, 1.54) is 0 Å². The fraction of sp³-hybridized carbons (Fsp3) is 0.188. The summed E-state index contributed by atoms with van der Waals surface area (Å²) in [7, 11) is 0. The van der Waals surface area contributed by atoms with Crippen molar-refractivity contribution in [1.29, 1.82) is 0 Å². The van der Waals surface area contributed by atoms with E-state index >= 15 is 0 Å². The summed E-state index contributed by atoms with van der Waals surface area (Å²) in [6, 6.07) is 15.2. The van der Waals surface area contributed by atoms with Gasteiger partial charge in [0.15, 0.2) is 0 Å². The summed E-state index contributed by atoms with van der Waals surface area (Å²) in [6.07, 6.45) is 0. The molecule has 0 aliphatic carbocycles. The van der Waals surface area contributed by atoms with Crippen molar-refractivity contribution >= 4 is 23.2 Å². The van der Waals surface area contributed by atoms with Crippen molar-refractivity contribution in [3.8, 4) is 5.75 Å². The van der Waals surface area contributed by atoms with Crippen LogP contribution in [0.2, 0.25) is 0 Å². The highest BCUT2D eigenvalue weighted by atomic mass is 35.5. The van der Waals surface area contributed by atoms with E-state index in [9.17, 15) is 4.79 Å². The molecule has 0 spiro atoms. The van der Waals surface area contributed by atoms with Gasteiger partial charge in [0, 0.05) is 17.1 Å². The summed E-state index contributed by atoms with van der Waals surface area (Å²) in [4.78, 5) is 12.3. The van der Waals surface area contributed by atoms with Crippen LogP contribution in [0.4, 0.5) is 5.69 Å². The summed E-state index contributed by atoms with van der Waals surface area (Å²) in [6.45, 7) is 0.394. The van der Waals surface area contributed by atoms with Gasteiger partial charge in [0.05, 0.1) is 0 Å². The van der Waals surface area contributed by atoms with Gasteiger partial charge in [0.25, 0.3) is 0 Å². The second kappa shape index (κ2) is 5.55. The van der Waals surface area contributed by atoms with Crippen molar-refractivity contribution in [2.45, 2.75) is 11.8 Å². The molecular formula is C16H14ClNO2. The number of anilines is 1. The minimum Gasteiger partial charge on any atom is -0.492 e. The Kier molecular flexibility index (Phi) is 3.61. The molecule has 0 bridgehead atoms. The van der Waals surface area contributed by atoms with Gasteiger partial charge < -0.3 is 10.1 Å². The van der Waals surface area contributed by atoms with Crippen LogP contribution in [0.25, 0.3) is 0 Å². The lowest BCUT2D eigenvalue weighted by Crippen LogP contribution is -2.22. The van der Waals surface area contributed by atoms with Gasteiger partial charge in [-0.1, -0.05) is 30.3 Å². The van der Waals surface area contributed by atoms with Gasteiger partial charge in [-0.3, -0.25) is 4.79 Å². The monoisotopic (exact) mass is 287 g/mol. The zero-order valence-corrected chi connectivity index (χ0v) is 11.6. The number of ether oxygens (including phenoxy) is 1. The van der Waals surface area contributed by atoms with Crippen LogP contribution in [-0.4, -0.2) is 12.5 Å². The molecular weight excluding hydrogens is 274 g/mol. The second-order valence-corrected chi connectivity index (χ2v) is 4.99. The van der Waals surface area contributed by atoms with Gasteiger partial charge in [-0.15, -0.1) is 11.6 Å². The topological polar surface area (TPSA) is 38.3 Å². The Labute approximate surface area is 122 Å². The number of rotatable bonds is 3. The fourth-order valence-electron chi connectivity index (χ4n) is 2.29. The Morgan fingerprint density at radius 3 is 2.70 bits per heavy atom. The number of carbonyl (C=O) groups excluding carboxylic acids is 1. The van der Waals surface area contributed by atoms with Crippen LogP contribution < -0.4 is 10.1 Å². The first kappa shape index (κ1) is 13.0. The van der Waals surface area contributed by atoms with E-state index < -0.39 is 0 Å². The minimum atomic E-state index is -0.251. The number of hydrogen-bond acceptors (Lipinski definition) is 2. The molecule has 0 fully saturated rings. The van der Waals surface area contributed by atoms with E-state index in [1.54, 1.807) is 0 Å². The predicted octanol–water partition coefficient (Wildman–Crippen LogP) is 3.54. The summed E-state index contributed by atoms with van der Waals surface area (Å²) in [5.74, 6) is 0.968. The van der Waals surface area contributed by atoms with Crippen LogP contribution >= 0.6 is 11.6 Å². The van der Waals surface area contributed by atoms with E-state index in [1.807, 2.05) is 48.5 Å².